The van der Waals surface area contributed by atoms with E-state index in [9.17, 15) is 4.79 Å². The van der Waals surface area contributed by atoms with Gasteiger partial charge in [0.1, 0.15) is 6.04 Å². The lowest BCUT2D eigenvalue weighted by atomic mass is 10.2. The molecule has 0 spiro atoms. The first-order valence-corrected chi connectivity index (χ1v) is 6.55. The fourth-order valence-corrected chi connectivity index (χ4v) is 2.12. The van der Waals surface area contributed by atoms with E-state index in [4.69, 9.17) is 17.3 Å². The summed E-state index contributed by atoms with van der Waals surface area (Å²) in [5.74, 6) is -0.436. The van der Waals surface area contributed by atoms with Crippen LogP contribution in [0.2, 0.25) is 5.02 Å². The molecule has 1 heterocycles. The van der Waals surface area contributed by atoms with Gasteiger partial charge in [0, 0.05) is 24.2 Å². The summed E-state index contributed by atoms with van der Waals surface area (Å²) < 4.78 is 6.51. The maximum atomic E-state index is 11.3. The van der Waals surface area contributed by atoms with Crippen LogP contribution in [-0.2, 0) is 22.5 Å². The Hall–Kier alpha value is -1.27. The van der Waals surface area contributed by atoms with Crippen molar-refractivity contribution in [1.82, 2.24) is 9.55 Å². The van der Waals surface area contributed by atoms with Crippen molar-refractivity contribution >= 4 is 42.4 Å². The summed E-state index contributed by atoms with van der Waals surface area (Å²) in [6, 6.07) is 6.95. The fourth-order valence-electron chi connectivity index (χ4n) is 1.90. The van der Waals surface area contributed by atoms with Gasteiger partial charge < -0.3 is 15.0 Å². The average Bonchev–Trinajstić information content (AvgIpc) is 2.85. The normalized spacial score (nSPS) is 11.0. The Morgan fingerprint density at radius 1 is 1.45 bits per heavy atom. The van der Waals surface area contributed by atoms with Crippen molar-refractivity contribution in [3.63, 3.8) is 0 Å². The Morgan fingerprint density at radius 2 is 2.18 bits per heavy atom. The molecule has 122 valence electrons. The summed E-state index contributed by atoms with van der Waals surface area (Å²) in [6.07, 6.45) is 3.93. The number of esters is 1. The molecule has 2 N–H and O–H groups in total. The molecule has 0 aliphatic carbocycles. The molecule has 22 heavy (non-hydrogen) atoms. The summed E-state index contributed by atoms with van der Waals surface area (Å²) >= 11 is 5.94. The highest BCUT2D eigenvalue weighted by Crippen LogP contribution is 2.12. The minimum Gasteiger partial charge on any atom is -0.468 e. The number of aromatic nitrogens is 2. The van der Waals surface area contributed by atoms with Crippen molar-refractivity contribution in [2.24, 2.45) is 5.73 Å². The van der Waals surface area contributed by atoms with Crippen LogP contribution in [0.4, 0.5) is 0 Å². The summed E-state index contributed by atoms with van der Waals surface area (Å²) in [7, 11) is 1.32. The lowest BCUT2D eigenvalue weighted by Crippen LogP contribution is -2.33. The van der Waals surface area contributed by atoms with Crippen LogP contribution in [0.15, 0.2) is 36.8 Å². The van der Waals surface area contributed by atoms with Crippen molar-refractivity contribution in [3.8, 4) is 0 Å². The first-order chi connectivity index (χ1) is 9.58. The van der Waals surface area contributed by atoms with Gasteiger partial charge in [0.2, 0.25) is 0 Å². The van der Waals surface area contributed by atoms with Gasteiger partial charge in [0.15, 0.2) is 0 Å². The summed E-state index contributed by atoms with van der Waals surface area (Å²) in [5.41, 5.74) is 7.54. The molecule has 2 rings (SSSR count). The molecule has 1 aromatic heterocycles. The van der Waals surface area contributed by atoms with Gasteiger partial charge >= 0.3 is 5.97 Å². The van der Waals surface area contributed by atoms with E-state index >= 15 is 0 Å². The molecule has 0 aliphatic rings. The third kappa shape index (κ3) is 5.85. The number of hydrogen-bond acceptors (Lipinski definition) is 4. The van der Waals surface area contributed by atoms with E-state index in [-0.39, 0.29) is 24.8 Å². The second-order valence-electron chi connectivity index (χ2n) is 4.50. The second-order valence-corrected chi connectivity index (χ2v) is 4.94. The van der Waals surface area contributed by atoms with Crippen LogP contribution in [0, 0.1) is 0 Å². The van der Waals surface area contributed by atoms with Crippen molar-refractivity contribution < 1.29 is 9.53 Å². The lowest BCUT2D eigenvalue weighted by molar-refractivity contribution is -0.142. The molecule has 1 aromatic carbocycles. The Morgan fingerprint density at radius 3 is 2.82 bits per heavy atom. The Balaban J connectivity index is 0.00000220. The maximum Gasteiger partial charge on any atom is 0.323 e. The van der Waals surface area contributed by atoms with Crippen molar-refractivity contribution in [3.05, 3.63) is 53.1 Å². The minimum absolute atomic E-state index is 0. The number of imidazole rings is 1. The minimum atomic E-state index is -0.686. The van der Waals surface area contributed by atoms with Gasteiger partial charge in [-0.15, -0.1) is 24.8 Å². The number of carbonyl (C=O) groups is 1. The summed E-state index contributed by atoms with van der Waals surface area (Å²) in [5, 5.41) is 0.704. The van der Waals surface area contributed by atoms with Crippen LogP contribution < -0.4 is 5.73 Å². The highest BCUT2D eigenvalue weighted by molar-refractivity contribution is 6.30. The molecule has 2 aromatic rings. The van der Waals surface area contributed by atoms with Gasteiger partial charge in [0.05, 0.1) is 19.1 Å². The number of carbonyl (C=O) groups excluding carboxylic acids is 1. The number of halogens is 3. The SMILES string of the molecule is COC(=O)[C@@H](N)Cc1cn(Cc2cccc(Cl)c2)cn1.Cl.Cl. The second kappa shape index (κ2) is 9.69. The number of methoxy groups -OCH3 is 1. The standard InChI is InChI=1S/C14H16ClN3O2.2ClH/c1-20-14(19)13(16)6-12-8-18(9-17-12)7-10-3-2-4-11(15)5-10;;/h2-5,8-9,13H,6-7,16H2,1H3;2*1H/t13-;;/m0../s1. The third-order valence-corrected chi connectivity index (χ3v) is 3.11. The largest absolute Gasteiger partial charge is 0.468 e. The van der Waals surface area contributed by atoms with Crippen LogP contribution in [0.1, 0.15) is 11.3 Å². The van der Waals surface area contributed by atoms with E-state index < -0.39 is 12.0 Å². The molecule has 0 aliphatic heterocycles. The number of rotatable bonds is 5. The number of hydrogen-bond donors (Lipinski definition) is 1. The van der Waals surface area contributed by atoms with Gasteiger partial charge in [0.25, 0.3) is 0 Å². The zero-order chi connectivity index (χ0) is 14.5. The molecule has 0 bridgehead atoms. The van der Waals surface area contributed by atoms with E-state index in [1.54, 1.807) is 6.33 Å². The molecule has 0 unspecified atom stereocenters. The van der Waals surface area contributed by atoms with Gasteiger partial charge in [-0.1, -0.05) is 23.7 Å². The van der Waals surface area contributed by atoms with Gasteiger partial charge in [-0.25, -0.2) is 4.98 Å². The quantitative estimate of drug-likeness (QED) is 0.825. The van der Waals surface area contributed by atoms with Gasteiger partial charge in [-0.05, 0) is 17.7 Å². The molecular weight excluding hydrogens is 349 g/mol. The number of benzene rings is 1. The Labute approximate surface area is 146 Å². The highest BCUT2D eigenvalue weighted by Gasteiger charge is 2.15. The number of nitrogens with zero attached hydrogens (tertiary/aromatic N) is 2. The molecule has 0 fully saturated rings. The van der Waals surface area contributed by atoms with Crippen LogP contribution in [0.3, 0.4) is 0 Å². The first kappa shape index (κ1) is 20.7. The van der Waals surface area contributed by atoms with Crippen LogP contribution >= 0.6 is 36.4 Å². The monoisotopic (exact) mass is 365 g/mol. The molecule has 5 nitrogen and oxygen atoms in total. The van der Waals surface area contributed by atoms with Crippen LogP contribution in [0.5, 0.6) is 0 Å². The van der Waals surface area contributed by atoms with E-state index in [1.807, 2.05) is 35.0 Å². The molecule has 0 saturated heterocycles. The third-order valence-electron chi connectivity index (χ3n) is 2.87. The molecule has 0 radical (unpaired) electrons. The zero-order valence-corrected chi connectivity index (χ0v) is 14.3. The van der Waals surface area contributed by atoms with Crippen molar-refractivity contribution in [2.45, 2.75) is 19.0 Å². The first-order valence-electron chi connectivity index (χ1n) is 6.17. The number of nitrogens with two attached hydrogens (primary N) is 1. The predicted molar refractivity (Wildman–Crippen MR) is 91.0 cm³/mol. The predicted octanol–water partition coefficient (Wildman–Crippen LogP) is 2.47. The summed E-state index contributed by atoms with van der Waals surface area (Å²) in [4.78, 5) is 15.5. The van der Waals surface area contributed by atoms with Crippen LogP contribution in [-0.4, -0.2) is 28.7 Å². The van der Waals surface area contributed by atoms with E-state index in [0.717, 1.165) is 11.3 Å². The Kier molecular flexibility index (Phi) is 9.13. The highest BCUT2D eigenvalue weighted by atomic mass is 35.5. The number of ether oxygens (including phenoxy) is 1. The Bertz CT molecular complexity index is 605. The maximum absolute atomic E-state index is 11.3. The molecule has 0 amide bonds. The van der Waals surface area contributed by atoms with Crippen molar-refractivity contribution in [2.75, 3.05) is 7.11 Å². The van der Waals surface area contributed by atoms with Crippen molar-refractivity contribution in [1.29, 1.82) is 0 Å². The molecular formula is C14H18Cl3N3O2. The van der Waals surface area contributed by atoms with Crippen LogP contribution in [0.25, 0.3) is 0 Å². The lowest BCUT2D eigenvalue weighted by Gasteiger charge is -2.06. The molecule has 8 heteroatoms. The van der Waals surface area contributed by atoms with E-state index in [0.29, 0.717) is 18.0 Å². The fraction of sp³-hybridized carbons (Fsp3) is 0.286. The average molecular weight is 367 g/mol. The zero-order valence-electron chi connectivity index (χ0n) is 11.9. The van der Waals surface area contributed by atoms with Gasteiger partial charge in [-0.2, -0.15) is 0 Å². The van der Waals surface area contributed by atoms with E-state index in [2.05, 4.69) is 9.72 Å². The topological polar surface area (TPSA) is 70.1 Å². The molecule has 1 atom stereocenters. The summed E-state index contributed by atoms with van der Waals surface area (Å²) in [6.45, 7) is 0.668. The molecule has 0 saturated carbocycles. The van der Waals surface area contributed by atoms with Gasteiger partial charge in [-0.3, -0.25) is 4.79 Å². The smallest absolute Gasteiger partial charge is 0.323 e. The van der Waals surface area contributed by atoms with E-state index in [1.165, 1.54) is 7.11 Å².